The Kier molecular flexibility index (Phi) is 6.57. The molecule has 3 nitrogen and oxygen atoms in total. The molecular formula is C12H26N2O. The van der Waals surface area contributed by atoms with Gasteiger partial charge in [-0.05, 0) is 19.3 Å². The van der Waals surface area contributed by atoms with Crippen LogP contribution in [-0.2, 0) is 4.79 Å². The van der Waals surface area contributed by atoms with Crippen LogP contribution in [0, 0.1) is 5.92 Å². The molecule has 0 aliphatic heterocycles. The standard InChI is InChI=1S/C12H26N2O/c1-6-8-10(4)14(5)12(15)11(13)9(3)7-2/h9-11H,6-8,13H2,1-5H3. The van der Waals surface area contributed by atoms with Gasteiger partial charge in [-0.15, -0.1) is 0 Å². The summed E-state index contributed by atoms with van der Waals surface area (Å²) < 4.78 is 0. The quantitative estimate of drug-likeness (QED) is 0.735. The highest BCUT2D eigenvalue weighted by molar-refractivity contribution is 5.81. The fourth-order valence-electron chi connectivity index (χ4n) is 1.56. The Bertz CT molecular complexity index is 194. The van der Waals surface area contributed by atoms with Crippen LogP contribution in [0.1, 0.15) is 47.0 Å². The minimum absolute atomic E-state index is 0.0744. The first-order valence-electron chi connectivity index (χ1n) is 5.97. The van der Waals surface area contributed by atoms with E-state index >= 15 is 0 Å². The van der Waals surface area contributed by atoms with Crippen LogP contribution in [0.4, 0.5) is 0 Å². The number of rotatable bonds is 6. The van der Waals surface area contributed by atoms with E-state index in [0.717, 1.165) is 19.3 Å². The minimum Gasteiger partial charge on any atom is -0.342 e. The maximum atomic E-state index is 12.0. The number of amides is 1. The van der Waals surface area contributed by atoms with Crippen molar-refractivity contribution in [3.63, 3.8) is 0 Å². The molecule has 0 fully saturated rings. The van der Waals surface area contributed by atoms with Crippen molar-refractivity contribution >= 4 is 5.91 Å². The summed E-state index contributed by atoms with van der Waals surface area (Å²) in [6.45, 7) is 8.29. The molecular weight excluding hydrogens is 188 g/mol. The Morgan fingerprint density at radius 1 is 1.33 bits per heavy atom. The molecule has 0 saturated heterocycles. The van der Waals surface area contributed by atoms with Crippen molar-refractivity contribution in [1.29, 1.82) is 0 Å². The number of hydrogen-bond donors (Lipinski definition) is 1. The second kappa shape index (κ2) is 6.83. The second-order valence-corrected chi connectivity index (χ2v) is 4.50. The molecule has 0 aliphatic carbocycles. The largest absolute Gasteiger partial charge is 0.342 e. The summed E-state index contributed by atoms with van der Waals surface area (Å²) in [6.07, 6.45) is 3.08. The van der Waals surface area contributed by atoms with Crippen molar-refractivity contribution in [2.24, 2.45) is 11.7 Å². The van der Waals surface area contributed by atoms with E-state index in [-0.39, 0.29) is 23.9 Å². The number of likely N-dealkylation sites (N-methyl/N-ethyl adjacent to an activating group) is 1. The van der Waals surface area contributed by atoms with E-state index in [1.165, 1.54) is 0 Å². The van der Waals surface area contributed by atoms with E-state index in [9.17, 15) is 4.79 Å². The summed E-state index contributed by atoms with van der Waals surface area (Å²) >= 11 is 0. The minimum atomic E-state index is -0.348. The van der Waals surface area contributed by atoms with Crippen molar-refractivity contribution in [3.8, 4) is 0 Å². The number of carbonyl (C=O) groups is 1. The van der Waals surface area contributed by atoms with Gasteiger partial charge in [0, 0.05) is 13.1 Å². The van der Waals surface area contributed by atoms with E-state index in [1.807, 2.05) is 14.0 Å². The Hall–Kier alpha value is -0.570. The predicted molar refractivity (Wildman–Crippen MR) is 64.6 cm³/mol. The molecule has 0 aliphatic rings. The Balaban J connectivity index is 4.30. The SMILES string of the molecule is CCCC(C)N(C)C(=O)C(N)C(C)CC. The van der Waals surface area contributed by atoms with Gasteiger partial charge in [0.05, 0.1) is 6.04 Å². The first-order valence-corrected chi connectivity index (χ1v) is 5.97. The fraction of sp³-hybridized carbons (Fsp3) is 0.917. The average molecular weight is 214 g/mol. The third-order valence-electron chi connectivity index (χ3n) is 3.26. The zero-order chi connectivity index (χ0) is 12.0. The molecule has 0 saturated carbocycles. The summed E-state index contributed by atoms with van der Waals surface area (Å²) in [7, 11) is 1.85. The highest BCUT2D eigenvalue weighted by atomic mass is 16.2. The molecule has 0 aromatic rings. The van der Waals surface area contributed by atoms with Gasteiger partial charge in [-0.3, -0.25) is 4.79 Å². The number of hydrogen-bond acceptors (Lipinski definition) is 2. The van der Waals surface area contributed by atoms with Gasteiger partial charge in [-0.2, -0.15) is 0 Å². The molecule has 0 rings (SSSR count). The first-order chi connectivity index (χ1) is 6.95. The van der Waals surface area contributed by atoms with E-state index in [2.05, 4.69) is 20.8 Å². The topological polar surface area (TPSA) is 46.3 Å². The summed E-state index contributed by atoms with van der Waals surface area (Å²) in [5.74, 6) is 0.332. The molecule has 3 atom stereocenters. The number of carbonyl (C=O) groups excluding carboxylic acids is 1. The van der Waals surface area contributed by atoms with Crippen molar-refractivity contribution in [3.05, 3.63) is 0 Å². The van der Waals surface area contributed by atoms with Crippen molar-refractivity contribution < 1.29 is 4.79 Å². The molecule has 2 N–H and O–H groups in total. The number of nitrogens with two attached hydrogens (primary N) is 1. The lowest BCUT2D eigenvalue weighted by atomic mass is 9.98. The second-order valence-electron chi connectivity index (χ2n) is 4.50. The van der Waals surface area contributed by atoms with Gasteiger partial charge in [0.1, 0.15) is 0 Å². The van der Waals surface area contributed by atoms with Crippen LogP contribution in [-0.4, -0.2) is 29.9 Å². The summed E-state index contributed by atoms with van der Waals surface area (Å²) in [6, 6.07) is -0.0584. The predicted octanol–water partition coefficient (Wildman–Crippen LogP) is 2.01. The first kappa shape index (κ1) is 14.4. The lowest BCUT2D eigenvalue weighted by Crippen LogP contribution is -2.48. The monoisotopic (exact) mass is 214 g/mol. The molecule has 0 aromatic heterocycles. The fourth-order valence-corrected chi connectivity index (χ4v) is 1.56. The molecule has 3 heteroatoms. The van der Waals surface area contributed by atoms with Crippen LogP contribution in [0.15, 0.2) is 0 Å². The van der Waals surface area contributed by atoms with E-state index in [1.54, 1.807) is 4.90 Å². The summed E-state index contributed by atoms with van der Waals surface area (Å²) in [4.78, 5) is 13.8. The molecule has 0 heterocycles. The van der Waals surface area contributed by atoms with Gasteiger partial charge >= 0.3 is 0 Å². The molecule has 0 spiro atoms. The summed E-state index contributed by atoms with van der Waals surface area (Å²) in [5, 5.41) is 0. The highest BCUT2D eigenvalue weighted by Crippen LogP contribution is 2.11. The molecule has 0 aromatic carbocycles. The lowest BCUT2D eigenvalue weighted by Gasteiger charge is -2.29. The zero-order valence-electron chi connectivity index (χ0n) is 10.8. The normalized spacial score (nSPS) is 16.9. The van der Waals surface area contributed by atoms with Crippen LogP contribution >= 0.6 is 0 Å². The van der Waals surface area contributed by atoms with Gasteiger partial charge < -0.3 is 10.6 Å². The summed E-state index contributed by atoms with van der Waals surface area (Å²) in [5.41, 5.74) is 5.91. The average Bonchev–Trinajstić information content (AvgIpc) is 2.25. The molecule has 1 amide bonds. The Morgan fingerprint density at radius 2 is 1.87 bits per heavy atom. The van der Waals surface area contributed by atoms with Crippen LogP contribution in [0.3, 0.4) is 0 Å². The molecule has 0 radical (unpaired) electrons. The van der Waals surface area contributed by atoms with E-state index in [0.29, 0.717) is 0 Å². The third kappa shape index (κ3) is 4.20. The molecule has 3 unspecified atom stereocenters. The zero-order valence-corrected chi connectivity index (χ0v) is 10.8. The molecule has 0 bridgehead atoms. The van der Waals surface area contributed by atoms with Gasteiger partial charge in [-0.1, -0.05) is 33.6 Å². The van der Waals surface area contributed by atoms with Crippen molar-refractivity contribution in [1.82, 2.24) is 4.90 Å². The molecule has 90 valence electrons. The third-order valence-corrected chi connectivity index (χ3v) is 3.26. The lowest BCUT2D eigenvalue weighted by molar-refractivity contribution is -0.134. The van der Waals surface area contributed by atoms with Gasteiger partial charge in [0.15, 0.2) is 0 Å². The van der Waals surface area contributed by atoms with Crippen LogP contribution in [0.2, 0.25) is 0 Å². The van der Waals surface area contributed by atoms with Gasteiger partial charge in [-0.25, -0.2) is 0 Å². The highest BCUT2D eigenvalue weighted by Gasteiger charge is 2.24. The van der Waals surface area contributed by atoms with Gasteiger partial charge in [0.25, 0.3) is 0 Å². The molecule has 15 heavy (non-hydrogen) atoms. The van der Waals surface area contributed by atoms with Crippen LogP contribution in [0.25, 0.3) is 0 Å². The van der Waals surface area contributed by atoms with Crippen molar-refractivity contribution in [2.45, 2.75) is 59.0 Å². The number of nitrogens with zero attached hydrogens (tertiary/aromatic N) is 1. The smallest absolute Gasteiger partial charge is 0.239 e. The Morgan fingerprint density at radius 3 is 2.27 bits per heavy atom. The van der Waals surface area contributed by atoms with Gasteiger partial charge in [0.2, 0.25) is 5.91 Å². The van der Waals surface area contributed by atoms with E-state index < -0.39 is 0 Å². The maximum Gasteiger partial charge on any atom is 0.239 e. The maximum absolute atomic E-state index is 12.0. The van der Waals surface area contributed by atoms with Crippen molar-refractivity contribution in [2.75, 3.05) is 7.05 Å². The van der Waals surface area contributed by atoms with Crippen LogP contribution < -0.4 is 5.73 Å². The Labute approximate surface area is 94.0 Å². The van der Waals surface area contributed by atoms with E-state index in [4.69, 9.17) is 5.73 Å². The van der Waals surface area contributed by atoms with Crippen LogP contribution in [0.5, 0.6) is 0 Å².